The molecule has 4 aliphatic rings. The number of hydrogen-bond donors (Lipinski definition) is 0. The average Bonchev–Trinajstić information content (AvgIpc) is 2.99. The number of rotatable bonds is 5. The van der Waals surface area contributed by atoms with Crippen molar-refractivity contribution in [3.8, 4) is 0 Å². The van der Waals surface area contributed by atoms with E-state index in [4.69, 9.17) is 0 Å². The minimum Gasteiger partial charge on any atom is -0.0880 e. The summed E-state index contributed by atoms with van der Waals surface area (Å²) in [7, 11) is 0. The lowest BCUT2D eigenvalue weighted by atomic mass is 9.50. The van der Waals surface area contributed by atoms with Crippen LogP contribution in [0.1, 0.15) is 99.3 Å². The standard InChI is InChI=1S/C29H46/c1-7-22-11-13-24-23(19-22)12-14-26-25(24)15-17-29(6)27(26)16-18-28(29,5)21(4)10-8-9-20(2)3/h8,10,12,14,20-22,24-25,27H,7,9,11,13,15-19H2,1-6H3/b10-8+/t21-,22+,24?,25?,27?,28-,29+/m1/s1. The molecule has 3 saturated carbocycles. The largest absolute Gasteiger partial charge is 0.0880 e. The molecule has 4 aliphatic carbocycles. The molecule has 3 unspecified atom stereocenters. The van der Waals surface area contributed by atoms with Crippen LogP contribution in [0.5, 0.6) is 0 Å². The van der Waals surface area contributed by atoms with Crippen LogP contribution < -0.4 is 0 Å². The molecule has 0 nitrogen and oxygen atoms in total. The van der Waals surface area contributed by atoms with E-state index in [1.807, 2.05) is 11.1 Å². The quantitative estimate of drug-likeness (QED) is 0.409. The molecule has 3 fully saturated rings. The molecule has 0 aromatic heterocycles. The molecule has 7 atom stereocenters. The van der Waals surface area contributed by atoms with Crippen molar-refractivity contribution in [1.29, 1.82) is 0 Å². The second-order valence-electron chi connectivity index (χ2n) is 12.0. The lowest BCUT2D eigenvalue weighted by Gasteiger charge is -2.54. The van der Waals surface area contributed by atoms with Crippen molar-refractivity contribution in [3.05, 3.63) is 35.5 Å². The van der Waals surface area contributed by atoms with Gasteiger partial charge in [-0.3, -0.25) is 0 Å². The zero-order valence-corrected chi connectivity index (χ0v) is 20.1. The highest BCUT2D eigenvalue weighted by atomic mass is 14.6. The minimum absolute atomic E-state index is 0.445. The maximum absolute atomic E-state index is 2.67. The Kier molecular flexibility index (Phi) is 5.95. The molecule has 0 aliphatic heterocycles. The SMILES string of the molecule is CC[C@H]1CCC2C(=CC=C3C2CC[C@@]2(C)C3CC[C@]2(C)[C@H](C)/C=C/CC(C)C)C1. The van der Waals surface area contributed by atoms with Gasteiger partial charge in [0.05, 0.1) is 0 Å². The summed E-state index contributed by atoms with van der Waals surface area (Å²) in [6.45, 7) is 14.9. The van der Waals surface area contributed by atoms with Crippen LogP contribution in [0.2, 0.25) is 0 Å². The fourth-order valence-corrected chi connectivity index (χ4v) is 7.90. The molecule has 0 radical (unpaired) electrons. The number of fused-ring (bicyclic) bond motifs is 5. The first kappa shape index (κ1) is 21.5. The zero-order valence-electron chi connectivity index (χ0n) is 20.1. The van der Waals surface area contributed by atoms with E-state index >= 15 is 0 Å². The first-order valence-electron chi connectivity index (χ1n) is 12.9. The maximum Gasteiger partial charge on any atom is -0.0131 e. The summed E-state index contributed by atoms with van der Waals surface area (Å²) in [4.78, 5) is 0. The Hall–Kier alpha value is -0.780. The van der Waals surface area contributed by atoms with E-state index in [1.54, 1.807) is 0 Å². The van der Waals surface area contributed by atoms with Gasteiger partial charge in [0.2, 0.25) is 0 Å². The lowest BCUT2D eigenvalue weighted by molar-refractivity contribution is 0.00574. The Balaban J connectivity index is 1.57. The van der Waals surface area contributed by atoms with E-state index in [9.17, 15) is 0 Å². The highest BCUT2D eigenvalue weighted by Crippen LogP contribution is 2.68. The van der Waals surface area contributed by atoms with Gasteiger partial charge in [-0.2, -0.15) is 0 Å². The molecule has 0 aromatic rings. The number of hydrogen-bond acceptors (Lipinski definition) is 0. The van der Waals surface area contributed by atoms with Crippen molar-refractivity contribution in [2.75, 3.05) is 0 Å². The minimum atomic E-state index is 0.445. The predicted octanol–water partition coefficient (Wildman–Crippen LogP) is 8.75. The van der Waals surface area contributed by atoms with E-state index in [1.165, 1.54) is 57.8 Å². The van der Waals surface area contributed by atoms with Crippen LogP contribution in [-0.2, 0) is 0 Å². The van der Waals surface area contributed by atoms with Gasteiger partial charge < -0.3 is 0 Å². The van der Waals surface area contributed by atoms with E-state index in [2.05, 4.69) is 65.8 Å². The summed E-state index contributed by atoms with van der Waals surface area (Å²) in [5.41, 5.74) is 4.60. The summed E-state index contributed by atoms with van der Waals surface area (Å²) >= 11 is 0. The van der Waals surface area contributed by atoms with Gasteiger partial charge in [0, 0.05) is 0 Å². The van der Waals surface area contributed by atoms with Gasteiger partial charge >= 0.3 is 0 Å². The van der Waals surface area contributed by atoms with Gasteiger partial charge in [0.15, 0.2) is 0 Å². The third-order valence-electron chi connectivity index (χ3n) is 10.3. The third-order valence-corrected chi connectivity index (χ3v) is 10.3. The molecular formula is C29H46. The molecule has 0 aromatic carbocycles. The summed E-state index contributed by atoms with van der Waals surface area (Å²) in [5, 5.41) is 0. The average molecular weight is 395 g/mol. The zero-order chi connectivity index (χ0) is 20.8. The van der Waals surface area contributed by atoms with Crippen LogP contribution in [0.3, 0.4) is 0 Å². The van der Waals surface area contributed by atoms with E-state index in [0.717, 1.165) is 29.6 Å². The number of allylic oxidation sites excluding steroid dienone is 6. The van der Waals surface area contributed by atoms with Gasteiger partial charge in [-0.15, -0.1) is 0 Å². The fourth-order valence-electron chi connectivity index (χ4n) is 7.90. The van der Waals surface area contributed by atoms with Gasteiger partial charge in [-0.05, 0) is 97.7 Å². The summed E-state index contributed by atoms with van der Waals surface area (Å²) in [6.07, 6.45) is 22.9. The topological polar surface area (TPSA) is 0 Å². The molecule has 0 saturated heterocycles. The van der Waals surface area contributed by atoms with Crippen LogP contribution in [0.15, 0.2) is 35.5 Å². The van der Waals surface area contributed by atoms with E-state index < -0.39 is 0 Å². The summed E-state index contributed by atoms with van der Waals surface area (Å²) in [6, 6.07) is 0. The smallest absolute Gasteiger partial charge is 0.0131 e. The highest BCUT2D eigenvalue weighted by molar-refractivity contribution is 5.36. The highest BCUT2D eigenvalue weighted by Gasteiger charge is 2.60. The molecule has 0 bridgehead atoms. The lowest BCUT2D eigenvalue weighted by Crippen LogP contribution is -2.46. The third kappa shape index (κ3) is 3.51. The molecular weight excluding hydrogens is 348 g/mol. The second kappa shape index (κ2) is 8.05. The molecule has 0 N–H and O–H groups in total. The molecule has 4 rings (SSSR count). The molecule has 0 spiro atoms. The summed E-state index contributed by atoms with van der Waals surface area (Å²) in [5.74, 6) is 4.99. The van der Waals surface area contributed by atoms with Gasteiger partial charge in [0.1, 0.15) is 0 Å². The van der Waals surface area contributed by atoms with Crippen molar-refractivity contribution in [1.82, 2.24) is 0 Å². The Morgan fingerprint density at radius 2 is 1.79 bits per heavy atom. The Morgan fingerprint density at radius 1 is 1.00 bits per heavy atom. The predicted molar refractivity (Wildman–Crippen MR) is 127 cm³/mol. The molecule has 29 heavy (non-hydrogen) atoms. The van der Waals surface area contributed by atoms with Crippen LogP contribution in [0.25, 0.3) is 0 Å². The Morgan fingerprint density at radius 3 is 2.52 bits per heavy atom. The molecule has 162 valence electrons. The fraction of sp³-hybridized carbons (Fsp3) is 0.793. The Labute approximate surface area is 181 Å². The molecule has 0 heterocycles. The normalized spacial score (nSPS) is 42.9. The van der Waals surface area contributed by atoms with Crippen molar-refractivity contribution in [3.63, 3.8) is 0 Å². The first-order chi connectivity index (χ1) is 13.8. The van der Waals surface area contributed by atoms with E-state index in [-0.39, 0.29) is 0 Å². The summed E-state index contributed by atoms with van der Waals surface area (Å²) < 4.78 is 0. The van der Waals surface area contributed by atoms with Gasteiger partial charge in [-0.1, -0.05) is 83.4 Å². The van der Waals surface area contributed by atoms with Crippen molar-refractivity contribution >= 4 is 0 Å². The second-order valence-corrected chi connectivity index (χ2v) is 12.0. The van der Waals surface area contributed by atoms with Gasteiger partial charge in [0.25, 0.3) is 0 Å². The van der Waals surface area contributed by atoms with Crippen LogP contribution in [0, 0.1) is 46.3 Å². The van der Waals surface area contributed by atoms with E-state index in [0.29, 0.717) is 16.7 Å². The maximum atomic E-state index is 2.67. The van der Waals surface area contributed by atoms with Crippen LogP contribution in [0.4, 0.5) is 0 Å². The molecule has 0 amide bonds. The van der Waals surface area contributed by atoms with Crippen LogP contribution >= 0.6 is 0 Å². The van der Waals surface area contributed by atoms with Crippen LogP contribution in [-0.4, -0.2) is 0 Å². The van der Waals surface area contributed by atoms with Crippen molar-refractivity contribution in [2.24, 2.45) is 46.3 Å². The monoisotopic (exact) mass is 394 g/mol. The van der Waals surface area contributed by atoms with Crippen molar-refractivity contribution < 1.29 is 0 Å². The Bertz CT molecular complexity index is 691. The van der Waals surface area contributed by atoms with Gasteiger partial charge in [-0.25, -0.2) is 0 Å². The first-order valence-corrected chi connectivity index (χ1v) is 12.9. The van der Waals surface area contributed by atoms with Crippen molar-refractivity contribution in [2.45, 2.75) is 99.3 Å². The molecule has 0 heteroatoms.